The normalized spacial score (nSPS) is 12.1. The molecule has 3 aromatic carbocycles. The van der Waals surface area contributed by atoms with Gasteiger partial charge in [-0.3, -0.25) is 36.4 Å². The van der Waals surface area contributed by atoms with Gasteiger partial charge >= 0.3 is 0 Å². The number of aliphatic hydroxyl groups excluding tert-OH is 1. The zero-order chi connectivity index (χ0) is 17.9. The quantitative estimate of drug-likeness (QED) is 0.301. The molecule has 3 nitrogen and oxygen atoms in total. The second-order valence-corrected chi connectivity index (χ2v) is 6.72. The molecule has 1 fully saturated rings. The molecule has 1 heterocycles. The number of halogens is 1. The smallest absolute Gasteiger partial charge is 0.163 e. The van der Waals surface area contributed by atoms with Crippen LogP contribution in [0.3, 0.4) is 0 Å². The zero-order valence-corrected chi connectivity index (χ0v) is 32.6. The molecule has 0 unspecified atom stereocenters. The molecule has 30 heavy (non-hydrogen) atoms. The molecule has 8 heteroatoms. The molecule has 0 bridgehead atoms. The topological polar surface area (TPSA) is 26.7 Å². The molecule has 142 valence electrons. The number of para-hydroxylation sites is 2. The van der Waals surface area contributed by atoms with E-state index in [-0.39, 0.29) is 171 Å². The van der Waals surface area contributed by atoms with E-state index < -0.39 is 0 Å². The Morgan fingerprint density at radius 3 is 1.53 bits per heavy atom. The van der Waals surface area contributed by atoms with Gasteiger partial charge in [0.1, 0.15) is 5.82 Å². The van der Waals surface area contributed by atoms with E-state index in [9.17, 15) is 5.11 Å². The summed E-state index contributed by atoms with van der Waals surface area (Å²) in [5, 5.41) is 11.1. The van der Waals surface area contributed by atoms with Gasteiger partial charge in [-0.1, -0.05) is 28.1 Å². The summed E-state index contributed by atoms with van der Waals surface area (Å²) in [5.41, 5.74) is 2.33. The molecule has 1 aliphatic rings. The van der Waals surface area contributed by atoms with Gasteiger partial charge in [0.2, 0.25) is 0 Å². The van der Waals surface area contributed by atoms with E-state index in [1.165, 1.54) is 0 Å². The van der Waals surface area contributed by atoms with E-state index in [4.69, 9.17) is 0 Å². The van der Waals surface area contributed by atoms with E-state index in [1.54, 1.807) is 0 Å². The van der Waals surface area contributed by atoms with Gasteiger partial charge < -0.3 is 39.2 Å². The van der Waals surface area contributed by atoms with Crippen LogP contribution in [0.4, 0.5) is 11.4 Å². The predicted molar refractivity (Wildman–Crippen MR) is 107 cm³/mol. The van der Waals surface area contributed by atoms with Crippen molar-refractivity contribution in [1.82, 2.24) is 0 Å². The molecule has 1 saturated heterocycles. The van der Waals surface area contributed by atoms with Crippen molar-refractivity contribution < 1.29 is 170 Å². The molecule has 0 amide bonds. The van der Waals surface area contributed by atoms with Gasteiger partial charge in [-0.25, -0.2) is 11.4 Å². The summed E-state index contributed by atoms with van der Waals surface area (Å²) in [7, 11) is 0. The fourth-order valence-corrected chi connectivity index (χ4v) is 3.25. The molecule has 3 aromatic rings. The van der Waals surface area contributed by atoms with Gasteiger partial charge in [-0.2, -0.15) is 0 Å². The molecule has 0 spiro atoms. The Kier molecular flexibility index (Phi) is 17.9. The van der Waals surface area contributed by atoms with Crippen LogP contribution < -0.4 is 9.80 Å². The Morgan fingerprint density at radius 1 is 0.733 bits per heavy atom. The third kappa shape index (κ3) is 8.15. The molecule has 4 rings (SSSR count). The predicted octanol–water partition coefficient (Wildman–Crippen LogP) is 4.86. The minimum Gasteiger partial charge on any atom is -0.504 e. The Balaban J connectivity index is 0.00000210. The van der Waals surface area contributed by atoms with Gasteiger partial charge in [-0.05, 0) is 12.1 Å². The fraction of sp³-hybridized carbons (Fsp3) is 0.0909. The third-order valence-electron chi connectivity index (χ3n) is 4.19. The van der Waals surface area contributed by atoms with Crippen LogP contribution in [0.25, 0.3) is 5.76 Å². The summed E-state index contributed by atoms with van der Waals surface area (Å²) >= 11 is 3.44. The van der Waals surface area contributed by atoms with Crippen LogP contribution in [0.15, 0.2) is 71.0 Å². The largest absolute Gasteiger partial charge is 0.504 e. The van der Waals surface area contributed by atoms with Gasteiger partial charge in [-0.15, -0.1) is 0 Å². The van der Waals surface area contributed by atoms with Crippen LogP contribution >= 0.6 is 15.9 Å². The van der Waals surface area contributed by atoms with Crippen molar-refractivity contribution in [3.05, 3.63) is 101 Å². The van der Waals surface area contributed by atoms with Crippen LogP contribution in [0.1, 0.15) is 5.56 Å². The van der Waals surface area contributed by atoms with Crippen LogP contribution in [0.2, 0.25) is 0 Å². The van der Waals surface area contributed by atoms with Crippen molar-refractivity contribution in [1.29, 1.82) is 0 Å². The van der Waals surface area contributed by atoms with Crippen molar-refractivity contribution in [2.75, 3.05) is 22.9 Å². The van der Waals surface area contributed by atoms with E-state index in [0.717, 1.165) is 21.4 Å². The van der Waals surface area contributed by atoms with Crippen molar-refractivity contribution in [2.45, 2.75) is 0 Å². The second kappa shape index (κ2) is 16.4. The zero-order valence-electron chi connectivity index (χ0n) is 16.2. The van der Waals surface area contributed by atoms with Crippen molar-refractivity contribution in [3.63, 3.8) is 0 Å². The third-order valence-corrected chi connectivity index (χ3v) is 4.72. The van der Waals surface area contributed by atoms with Crippen molar-refractivity contribution in [3.8, 4) is 0 Å². The number of anilines is 2. The first-order valence-corrected chi connectivity index (χ1v) is 9.04. The molecular weight excluding hydrogens is 952 g/mol. The van der Waals surface area contributed by atoms with E-state index >= 15 is 0 Å². The minimum atomic E-state index is 0. The Bertz CT molecular complexity index is 875. The Morgan fingerprint density at radius 2 is 1.13 bits per heavy atom. The van der Waals surface area contributed by atoms with Crippen molar-refractivity contribution >= 4 is 33.1 Å². The van der Waals surface area contributed by atoms with Crippen LogP contribution in [-0.2, 0) is 0 Å². The summed E-state index contributed by atoms with van der Waals surface area (Å²) in [6.07, 6.45) is 0. The molecular formula is C22H15BrN2OPr4-4. The first-order valence-electron chi connectivity index (χ1n) is 8.25. The minimum absolute atomic E-state index is 0. The first-order chi connectivity index (χ1) is 12.7. The number of nitrogens with zero attached hydrogens (tertiary/aromatic N) is 2. The van der Waals surface area contributed by atoms with Gasteiger partial charge in [0, 0.05) is 188 Å². The molecule has 1 aliphatic heterocycles. The first kappa shape index (κ1) is 32.7. The van der Waals surface area contributed by atoms with Crippen LogP contribution in [-0.4, -0.2) is 18.2 Å². The van der Waals surface area contributed by atoms with Gasteiger partial charge in [0.15, 0.2) is 5.76 Å². The number of aliphatic hydroxyl groups is 1. The number of hydrogen-bond acceptors (Lipinski definition) is 3. The molecule has 1 N–H and O–H groups in total. The summed E-state index contributed by atoms with van der Waals surface area (Å²) in [6, 6.07) is 31.6. The van der Waals surface area contributed by atoms with E-state index in [0.29, 0.717) is 18.9 Å². The molecule has 0 aliphatic carbocycles. The fourth-order valence-electron chi connectivity index (χ4n) is 2.98. The maximum absolute atomic E-state index is 11.1. The monoisotopic (exact) mass is 966 g/mol. The van der Waals surface area contributed by atoms with Crippen LogP contribution in [0, 0.1) is 189 Å². The maximum Gasteiger partial charge on any atom is 0.163 e. The van der Waals surface area contributed by atoms with Gasteiger partial charge in [0.05, 0.1) is 0 Å². The standard InChI is InChI=1S/C22H15BrN2O.4Pr/c23-18-13-11-17(12-14-18)21(26)22-24(19-7-3-1-4-8-19)15-16-25(22)20-9-5-2-6-10-20;;;;/h1-6,11-14,26H,15-16H2;;;;/q-4;;;;. The van der Waals surface area contributed by atoms with E-state index in [2.05, 4.69) is 40.2 Å². The van der Waals surface area contributed by atoms with Gasteiger partial charge in [0.25, 0.3) is 0 Å². The molecule has 4 radical (unpaired) electrons. The molecule has 0 atom stereocenters. The van der Waals surface area contributed by atoms with Crippen molar-refractivity contribution in [2.24, 2.45) is 0 Å². The maximum atomic E-state index is 11.1. The van der Waals surface area contributed by atoms with Crippen LogP contribution in [0.5, 0.6) is 0 Å². The second-order valence-electron chi connectivity index (χ2n) is 5.81. The van der Waals surface area contributed by atoms with E-state index in [1.807, 2.05) is 70.5 Å². The average molecular weight is 967 g/mol. The molecule has 0 saturated carbocycles. The summed E-state index contributed by atoms with van der Waals surface area (Å²) in [5.74, 6) is 0.885. The number of rotatable bonds is 3. The summed E-state index contributed by atoms with van der Waals surface area (Å²) < 4.78 is 0.966. The summed E-state index contributed by atoms with van der Waals surface area (Å²) in [4.78, 5) is 4.04. The Labute approximate surface area is 319 Å². The number of benzene rings is 3. The number of hydrogen-bond donors (Lipinski definition) is 1. The summed E-state index contributed by atoms with van der Waals surface area (Å²) in [6.45, 7) is 1.42. The SMILES string of the molecule is OC(=C1N(c2[c-]ccc[c-]2)CCN1c1[c-]ccc[c-]1)c1ccc(Br)cc1.[Pr].[Pr].[Pr].[Pr]. The molecule has 0 aromatic heterocycles. The average Bonchev–Trinajstić information content (AvgIpc) is 3.14. The Hall–Kier alpha value is 2.73.